The standard InChI is InChI=1S/C15H15N5O/c1-19(2)15(21)20-17-14(16-18-20)10-12-8-5-7-11-6-3-4-9-13(11)12/h3-9H,10H2,1-2H3. The lowest BCUT2D eigenvalue weighted by Crippen LogP contribution is -2.29. The highest BCUT2D eigenvalue weighted by Crippen LogP contribution is 2.19. The van der Waals surface area contributed by atoms with E-state index in [9.17, 15) is 4.79 Å². The molecule has 1 amide bonds. The molecule has 0 bridgehead atoms. The van der Waals surface area contributed by atoms with Crippen LogP contribution in [0.5, 0.6) is 0 Å². The van der Waals surface area contributed by atoms with E-state index < -0.39 is 0 Å². The van der Waals surface area contributed by atoms with Gasteiger partial charge in [0.15, 0.2) is 5.82 Å². The maximum Gasteiger partial charge on any atom is 0.362 e. The first kappa shape index (κ1) is 13.2. The van der Waals surface area contributed by atoms with Crippen LogP contribution in [0, 0.1) is 0 Å². The first-order chi connectivity index (χ1) is 10.1. The molecule has 0 aliphatic carbocycles. The molecular weight excluding hydrogens is 266 g/mol. The Labute approximate surface area is 122 Å². The lowest BCUT2D eigenvalue weighted by molar-refractivity contribution is 0.211. The molecule has 1 aromatic heterocycles. The van der Waals surface area contributed by atoms with Gasteiger partial charge in [-0.3, -0.25) is 0 Å². The molecule has 106 valence electrons. The van der Waals surface area contributed by atoms with Crippen molar-refractivity contribution in [2.45, 2.75) is 6.42 Å². The third-order valence-electron chi connectivity index (χ3n) is 3.24. The first-order valence-electron chi connectivity index (χ1n) is 6.62. The largest absolute Gasteiger partial charge is 0.362 e. The molecule has 3 aromatic rings. The second-order valence-electron chi connectivity index (χ2n) is 4.99. The molecule has 1 heterocycles. The van der Waals surface area contributed by atoms with Crippen LogP contribution in [0.4, 0.5) is 4.79 Å². The van der Waals surface area contributed by atoms with E-state index >= 15 is 0 Å². The Morgan fingerprint density at radius 1 is 1.14 bits per heavy atom. The van der Waals surface area contributed by atoms with Crippen molar-refractivity contribution < 1.29 is 4.79 Å². The molecule has 6 heteroatoms. The van der Waals surface area contributed by atoms with Crippen LogP contribution >= 0.6 is 0 Å². The molecule has 0 radical (unpaired) electrons. The van der Waals surface area contributed by atoms with Crippen molar-refractivity contribution in [1.29, 1.82) is 0 Å². The van der Waals surface area contributed by atoms with E-state index in [1.54, 1.807) is 14.1 Å². The van der Waals surface area contributed by atoms with Crippen LogP contribution in [-0.4, -0.2) is 45.2 Å². The van der Waals surface area contributed by atoms with Gasteiger partial charge >= 0.3 is 6.03 Å². The Hall–Kier alpha value is -2.76. The number of benzene rings is 2. The summed E-state index contributed by atoms with van der Waals surface area (Å²) < 4.78 is 0. The molecule has 0 saturated heterocycles. The SMILES string of the molecule is CN(C)C(=O)n1nnc(Cc2cccc3ccccc23)n1. The molecule has 0 spiro atoms. The fourth-order valence-electron chi connectivity index (χ4n) is 2.19. The Morgan fingerprint density at radius 3 is 2.71 bits per heavy atom. The maximum atomic E-state index is 11.7. The van der Waals surface area contributed by atoms with Gasteiger partial charge in [0.05, 0.1) is 0 Å². The molecule has 0 aliphatic rings. The number of carbonyl (C=O) groups is 1. The third-order valence-corrected chi connectivity index (χ3v) is 3.24. The van der Waals surface area contributed by atoms with E-state index in [2.05, 4.69) is 33.6 Å². The van der Waals surface area contributed by atoms with E-state index in [1.807, 2.05) is 24.3 Å². The van der Waals surface area contributed by atoms with Gasteiger partial charge in [-0.2, -0.15) is 0 Å². The first-order valence-corrected chi connectivity index (χ1v) is 6.62. The Morgan fingerprint density at radius 2 is 1.90 bits per heavy atom. The van der Waals surface area contributed by atoms with Gasteiger partial charge < -0.3 is 4.90 Å². The number of aromatic nitrogens is 4. The van der Waals surface area contributed by atoms with Crippen molar-refractivity contribution in [1.82, 2.24) is 25.1 Å². The number of fused-ring (bicyclic) bond motifs is 1. The lowest BCUT2D eigenvalue weighted by Gasteiger charge is -2.06. The summed E-state index contributed by atoms with van der Waals surface area (Å²) in [7, 11) is 3.30. The minimum atomic E-state index is -0.313. The number of carbonyl (C=O) groups excluding carboxylic acids is 1. The molecule has 0 N–H and O–H groups in total. The average Bonchev–Trinajstić information content (AvgIpc) is 2.95. The van der Waals surface area contributed by atoms with Gasteiger partial charge in [0.1, 0.15) is 0 Å². The predicted octanol–water partition coefficient (Wildman–Crippen LogP) is 1.95. The van der Waals surface area contributed by atoms with Crippen molar-refractivity contribution in [3.8, 4) is 0 Å². The number of hydrogen-bond acceptors (Lipinski definition) is 4. The van der Waals surface area contributed by atoms with E-state index in [-0.39, 0.29) is 6.03 Å². The third kappa shape index (κ3) is 2.60. The van der Waals surface area contributed by atoms with Gasteiger partial charge in [-0.15, -0.1) is 10.2 Å². The van der Waals surface area contributed by atoms with E-state index in [0.29, 0.717) is 12.2 Å². The predicted molar refractivity (Wildman–Crippen MR) is 79.1 cm³/mol. The topological polar surface area (TPSA) is 63.9 Å². The summed E-state index contributed by atoms with van der Waals surface area (Å²) in [4.78, 5) is 14.2. The lowest BCUT2D eigenvalue weighted by atomic mass is 10.0. The highest BCUT2D eigenvalue weighted by Gasteiger charge is 2.13. The zero-order valence-corrected chi connectivity index (χ0v) is 11.9. The van der Waals surface area contributed by atoms with Crippen LogP contribution in [0.25, 0.3) is 10.8 Å². The highest BCUT2D eigenvalue weighted by molar-refractivity contribution is 5.85. The summed E-state index contributed by atoms with van der Waals surface area (Å²) in [6.45, 7) is 0. The summed E-state index contributed by atoms with van der Waals surface area (Å²) >= 11 is 0. The van der Waals surface area contributed by atoms with Crippen LogP contribution in [0.1, 0.15) is 11.4 Å². The summed E-state index contributed by atoms with van der Waals surface area (Å²) in [6.07, 6.45) is 0.544. The minimum Gasteiger partial charge on any atom is -0.328 e. The van der Waals surface area contributed by atoms with Crippen LogP contribution in [0.3, 0.4) is 0 Å². The van der Waals surface area contributed by atoms with Crippen LogP contribution in [0.15, 0.2) is 42.5 Å². The summed E-state index contributed by atoms with van der Waals surface area (Å²) in [5.74, 6) is 0.529. The van der Waals surface area contributed by atoms with Gasteiger partial charge in [0, 0.05) is 20.5 Å². The molecule has 0 atom stereocenters. The molecular formula is C15H15N5O. The van der Waals surface area contributed by atoms with Crippen molar-refractivity contribution in [3.63, 3.8) is 0 Å². The van der Waals surface area contributed by atoms with E-state index in [1.165, 1.54) is 10.3 Å². The minimum absolute atomic E-state index is 0.313. The Balaban J connectivity index is 1.91. The van der Waals surface area contributed by atoms with Gasteiger partial charge in [0.2, 0.25) is 0 Å². The fourth-order valence-corrected chi connectivity index (χ4v) is 2.19. The maximum absolute atomic E-state index is 11.7. The van der Waals surface area contributed by atoms with Gasteiger partial charge in [-0.1, -0.05) is 47.3 Å². The van der Waals surface area contributed by atoms with Gasteiger partial charge in [0.25, 0.3) is 0 Å². The number of nitrogens with zero attached hydrogens (tertiary/aromatic N) is 5. The van der Waals surface area contributed by atoms with Crippen LogP contribution < -0.4 is 0 Å². The van der Waals surface area contributed by atoms with Crippen molar-refractivity contribution >= 4 is 16.8 Å². The quantitative estimate of drug-likeness (QED) is 0.720. The molecule has 3 rings (SSSR count). The molecule has 0 unspecified atom stereocenters. The van der Waals surface area contributed by atoms with Crippen LogP contribution in [0.2, 0.25) is 0 Å². The van der Waals surface area contributed by atoms with Crippen LogP contribution in [-0.2, 0) is 6.42 Å². The molecule has 0 saturated carbocycles. The molecule has 2 aromatic carbocycles. The highest BCUT2D eigenvalue weighted by atomic mass is 16.2. The van der Waals surface area contributed by atoms with Gasteiger partial charge in [-0.25, -0.2) is 4.79 Å². The van der Waals surface area contributed by atoms with Crippen molar-refractivity contribution in [2.24, 2.45) is 0 Å². The number of tetrazole rings is 1. The van der Waals surface area contributed by atoms with E-state index in [0.717, 1.165) is 15.7 Å². The molecule has 6 nitrogen and oxygen atoms in total. The number of hydrogen-bond donors (Lipinski definition) is 0. The molecule has 21 heavy (non-hydrogen) atoms. The number of rotatable bonds is 2. The smallest absolute Gasteiger partial charge is 0.328 e. The normalized spacial score (nSPS) is 10.8. The van der Waals surface area contributed by atoms with Crippen molar-refractivity contribution in [2.75, 3.05) is 14.1 Å². The summed E-state index contributed by atoms with van der Waals surface area (Å²) in [5, 5.41) is 14.2. The molecule has 0 aliphatic heterocycles. The molecule has 0 fully saturated rings. The fraction of sp³-hybridized carbons (Fsp3) is 0.200. The van der Waals surface area contributed by atoms with Crippen molar-refractivity contribution in [3.05, 3.63) is 53.9 Å². The summed E-state index contributed by atoms with van der Waals surface area (Å²) in [6, 6.07) is 14.0. The second kappa shape index (κ2) is 5.32. The zero-order chi connectivity index (χ0) is 14.8. The average molecular weight is 281 g/mol. The number of amides is 1. The zero-order valence-electron chi connectivity index (χ0n) is 11.9. The summed E-state index contributed by atoms with van der Waals surface area (Å²) in [5.41, 5.74) is 1.12. The second-order valence-corrected chi connectivity index (χ2v) is 4.99. The Bertz CT molecular complexity index is 788. The monoisotopic (exact) mass is 281 g/mol. The van der Waals surface area contributed by atoms with Gasteiger partial charge in [-0.05, 0) is 21.5 Å². The van der Waals surface area contributed by atoms with E-state index in [4.69, 9.17) is 0 Å². The Kier molecular flexibility index (Phi) is 3.35.